The number of carbonyl (C=O) groups excluding carboxylic acids is 1. The van der Waals surface area contributed by atoms with E-state index in [0.29, 0.717) is 126 Å². The minimum absolute atomic E-state index is 0.107. The van der Waals surface area contributed by atoms with Crippen LogP contribution in [0.3, 0.4) is 0 Å². The number of hydrogen-bond acceptors (Lipinski definition) is 11. The minimum Gasteiger partial charge on any atom is -0.491 e. The number of nitrogens with one attached hydrogen (secondary N) is 1. The molecule has 0 saturated heterocycles. The molecule has 1 N–H and O–H groups in total. The number of amides is 1. The highest BCUT2D eigenvalue weighted by atomic mass is 16.6. The molecular weight excluding hydrogens is 538 g/mol. The zero-order valence-corrected chi connectivity index (χ0v) is 24.5. The molecule has 12 nitrogen and oxygen atoms in total. The van der Waals surface area contributed by atoms with Crippen LogP contribution in [0.4, 0.5) is 5.69 Å². The normalized spacial score (nSPS) is 11.0. The number of hydrogen-bond donors (Lipinski definition) is 1. The summed E-state index contributed by atoms with van der Waals surface area (Å²) in [6.07, 6.45) is 1.71. The van der Waals surface area contributed by atoms with E-state index >= 15 is 0 Å². The summed E-state index contributed by atoms with van der Waals surface area (Å²) >= 11 is 0. The fraction of sp³-hybridized carbons (Fsp3) is 0.690. The van der Waals surface area contributed by atoms with Crippen molar-refractivity contribution < 1.29 is 52.2 Å². The van der Waals surface area contributed by atoms with E-state index in [1.807, 2.05) is 0 Å². The maximum absolute atomic E-state index is 11.0. The Morgan fingerprint density at radius 2 is 0.878 bits per heavy atom. The second-order valence-corrected chi connectivity index (χ2v) is 8.32. The molecule has 0 aliphatic heterocycles. The molecular formula is C29H49NO11. The number of rotatable bonds is 31. The first-order valence-corrected chi connectivity index (χ1v) is 14.0. The molecule has 0 saturated carbocycles. The van der Waals surface area contributed by atoms with Crippen LogP contribution in [0.2, 0.25) is 0 Å². The van der Waals surface area contributed by atoms with E-state index in [4.69, 9.17) is 47.4 Å². The van der Waals surface area contributed by atoms with E-state index in [0.717, 1.165) is 11.4 Å². The fourth-order valence-corrected chi connectivity index (χ4v) is 2.98. The van der Waals surface area contributed by atoms with Gasteiger partial charge in [-0.15, -0.1) is 6.58 Å². The van der Waals surface area contributed by atoms with E-state index in [1.165, 1.54) is 6.92 Å². The van der Waals surface area contributed by atoms with E-state index in [2.05, 4.69) is 11.9 Å². The average Bonchev–Trinajstić information content (AvgIpc) is 2.97. The summed E-state index contributed by atoms with van der Waals surface area (Å²) in [5, 5.41) is 2.71. The highest BCUT2D eigenvalue weighted by molar-refractivity contribution is 5.88. The molecule has 236 valence electrons. The molecule has 0 spiro atoms. The molecule has 12 heteroatoms. The summed E-state index contributed by atoms with van der Waals surface area (Å²) in [5.41, 5.74) is 0.733. The Balaban J connectivity index is 1.69. The van der Waals surface area contributed by atoms with Gasteiger partial charge in [0.1, 0.15) is 12.4 Å². The number of carbonyl (C=O) groups is 1. The van der Waals surface area contributed by atoms with Crippen molar-refractivity contribution in [2.75, 3.05) is 131 Å². The summed E-state index contributed by atoms with van der Waals surface area (Å²) in [5.74, 6) is 0.612. The fourth-order valence-electron chi connectivity index (χ4n) is 2.98. The van der Waals surface area contributed by atoms with E-state index < -0.39 is 0 Å². The van der Waals surface area contributed by atoms with Crippen LogP contribution >= 0.6 is 0 Å². The van der Waals surface area contributed by atoms with E-state index in [9.17, 15) is 4.79 Å². The lowest BCUT2D eigenvalue weighted by Gasteiger charge is -2.09. The first-order valence-electron chi connectivity index (χ1n) is 14.0. The van der Waals surface area contributed by atoms with Crippen LogP contribution in [0.5, 0.6) is 5.75 Å². The molecule has 0 bridgehead atoms. The van der Waals surface area contributed by atoms with Gasteiger partial charge < -0.3 is 52.7 Å². The lowest BCUT2D eigenvalue weighted by atomic mass is 10.3. The highest BCUT2D eigenvalue weighted by Gasteiger charge is 1.98. The Bertz CT molecular complexity index is 721. The zero-order chi connectivity index (χ0) is 29.5. The molecule has 1 rings (SSSR count). The second-order valence-electron chi connectivity index (χ2n) is 8.32. The van der Waals surface area contributed by atoms with Crippen molar-refractivity contribution in [1.82, 2.24) is 0 Å². The Labute approximate surface area is 244 Å². The first kappa shape index (κ1) is 36.9. The molecule has 1 aromatic carbocycles. The quantitative estimate of drug-likeness (QED) is 0.102. The molecule has 0 atom stereocenters. The number of anilines is 1. The van der Waals surface area contributed by atoms with Crippen molar-refractivity contribution in [3.8, 4) is 5.75 Å². The van der Waals surface area contributed by atoms with Crippen LogP contribution in [-0.2, 0) is 47.4 Å². The second kappa shape index (κ2) is 29.4. The van der Waals surface area contributed by atoms with Gasteiger partial charge in [-0.3, -0.25) is 4.79 Å². The van der Waals surface area contributed by atoms with Gasteiger partial charge in [-0.05, 0) is 24.3 Å². The maximum atomic E-state index is 11.0. The minimum atomic E-state index is -0.107. The van der Waals surface area contributed by atoms with Gasteiger partial charge in [-0.2, -0.15) is 0 Å². The van der Waals surface area contributed by atoms with Crippen molar-refractivity contribution >= 4 is 11.6 Å². The van der Waals surface area contributed by atoms with E-state index in [1.54, 1.807) is 30.3 Å². The van der Waals surface area contributed by atoms with Gasteiger partial charge in [0.2, 0.25) is 5.91 Å². The predicted octanol–water partition coefficient (Wildman–Crippen LogP) is 2.36. The Morgan fingerprint density at radius 1 is 0.561 bits per heavy atom. The van der Waals surface area contributed by atoms with Gasteiger partial charge in [0.25, 0.3) is 0 Å². The summed E-state index contributed by atoms with van der Waals surface area (Å²) in [6, 6.07) is 7.18. The SMILES string of the molecule is C=CCOCCOCCOCCOCCOCCOCCOCCOCCOCCOc1ccc(NC(C)=O)cc1. The van der Waals surface area contributed by atoms with E-state index in [-0.39, 0.29) is 5.91 Å². The largest absolute Gasteiger partial charge is 0.491 e. The third-order valence-electron chi connectivity index (χ3n) is 4.88. The van der Waals surface area contributed by atoms with Crippen LogP contribution in [0.15, 0.2) is 36.9 Å². The van der Waals surface area contributed by atoms with Crippen LogP contribution in [0.1, 0.15) is 6.92 Å². The summed E-state index contributed by atoms with van der Waals surface area (Å²) in [4.78, 5) is 11.0. The van der Waals surface area contributed by atoms with Crippen molar-refractivity contribution in [3.63, 3.8) is 0 Å². The third-order valence-corrected chi connectivity index (χ3v) is 4.88. The summed E-state index contributed by atoms with van der Waals surface area (Å²) < 4.78 is 54.4. The van der Waals surface area contributed by atoms with Gasteiger partial charge in [0, 0.05) is 12.6 Å². The van der Waals surface area contributed by atoms with Crippen LogP contribution in [0.25, 0.3) is 0 Å². The standard InChI is InChI=1S/C29H49NO11/c1-3-8-32-9-10-33-11-12-34-13-14-35-15-16-36-17-18-37-19-20-38-21-22-39-23-24-40-25-26-41-29-6-4-28(5-7-29)30-27(2)31/h3-7H,1,8-26H2,2H3,(H,30,31). The monoisotopic (exact) mass is 587 g/mol. The zero-order valence-electron chi connectivity index (χ0n) is 24.5. The van der Waals surface area contributed by atoms with Gasteiger partial charge in [-0.1, -0.05) is 6.08 Å². The molecule has 41 heavy (non-hydrogen) atoms. The Hall–Kier alpha value is -2.13. The predicted molar refractivity (Wildman–Crippen MR) is 154 cm³/mol. The van der Waals surface area contributed by atoms with Gasteiger partial charge in [0.05, 0.1) is 119 Å². The van der Waals surface area contributed by atoms with Crippen molar-refractivity contribution in [1.29, 1.82) is 0 Å². The van der Waals surface area contributed by atoms with Crippen molar-refractivity contribution in [3.05, 3.63) is 36.9 Å². The van der Waals surface area contributed by atoms with Crippen LogP contribution < -0.4 is 10.1 Å². The Morgan fingerprint density at radius 3 is 1.20 bits per heavy atom. The van der Waals surface area contributed by atoms with Crippen LogP contribution in [-0.4, -0.2) is 131 Å². The van der Waals surface area contributed by atoms with Crippen molar-refractivity contribution in [2.45, 2.75) is 6.92 Å². The maximum Gasteiger partial charge on any atom is 0.221 e. The lowest BCUT2D eigenvalue weighted by Crippen LogP contribution is -2.15. The Kier molecular flexibility index (Phi) is 26.4. The number of ether oxygens (including phenoxy) is 10. The average molecular weight is 588 g/mol. The smallest absolute Gasteiger partial charge is 0.221 e. The molecule has 0 unspecified atom stereocenters. The topological polar surface area (TPSA) is 121 Å². The third kappa shape index (κ3) is 26.5. The summed E-state index contributed by atoms with van der Waals surface area (Å²) in [6.45, 7) is 14.7. The molecule has 0 aliphatic rings. The molecule has 0 fully saturated rings. The molecule has 1 amide bonds. The van der Waals surface area contributed by atoms with Crippen LogP contribution in [0, 0.1) is 0 Å². The van der Waals surface area contributed by atoms with Gasteiger partial charge in [-0.25, -0.2) is 0 Å². The van der Waals surface area contributed by atoms with Gasteiger partial charge >= 0.3 is 0 Å². The first-order chi connectivity index (χ1) is 20.2. The molecule has 1 aromatic rings. The van der Waals surface area contributed by atoms with Gasteiger partial charge in [0.15, 0.2) is 0 Å². The molecule has 0 aromatic heterocycles. The molecule has 0 heterocycles. The highest BCUT2D eigenvalue weighted by Crippen LogP contribution is 2.15. The number of benzene rings is 1. The lowest BCUT2D eigenvalue weighted by molar-refractivity contribution is -0.114. The van der Waals surface area contributed by atoms with Crippen molar-refractivity contribution in [2.24, 2.45) is 0 Å². The summed E-state index contributed by atoms with van der Waals surface area (Å²) in [7, 11) is 0. The molecule has 0 aliphatic carbocycles. The molecule has 0 radical (unpaired) electrons.